The number of hydrogen-bond acceptors (Lipinski definition) is 6. The molecule has 1 aromatic heterocycles. The quantitative estimate of drug-likeness (QED) is 0.741. The van der Waals surface area contributed by atoms with Crippen LogP contribution in [0.15, 0.2) is 28.6 Å². The van der Waals surface area contributed by atoms with Crippen LogP contribution in [0.4, 0.5) is 5.13 Å². The van der Waals surface area contributed by atoms with Crippen LogP contribution < -0.4 is 10.0 Å². The van der Waals surface area contributed by atoms with Crippen molar-refractivity contribution in [2.45, 2.75) is 37.1 Å². The molecule has 24 heavy (non-hydrogen) atoms. The molecule has 1 aromatic carbocycles. The minimum absolute atomic E-state index is 0.0783. The van der Waals surface area contributed by atoms with Crippen molar-refractivity contribution in [3.63, 3.8) is 0 Å². The van der Waals surface area contributed by atoms with E-state index in [4.69, 9.17) is 11.6 Å². The molecular weight excluding hydrogens is 372 g/mol. The van der Waals surface area contributed by atoms with Crippen LogP contribution in [0.1, 0.15) is 37.6 Å². The first kappa shape index (κ1) is 18.8. The summed E-state index contributed by atoms with van der Waals surface area (Å²) in [6.45, 7) is 5.41. The van der Waals surface area contributed by atoms with Crippen LogP contribution in [-0.4, -0.2) is 30.1 Å². The Bertz CT molecular complexity index is 849. The predicted molar refractivity (Wildman–Crippen MR) is 94.0 cm³/mol. The van der Waals surface area contributed by atoms with Crippen LogP contribution in [-0.2, 0) is 10.0 Å². The lowest BCUT2D eigenvalue weighted by molar-refractivity contribution is 0.102. The summed E-state index contributed by atoms with van der Waals surface area (Å²) in [5, 5.41) is 10.2. The Morgan fingerprint density at radius 3 is 2.58 bits per heavy atom. The average Bonchev–Trinajstić information content (AvgIpc) is 2.96. The van der Waals surface area contributed by atoms with Gasteiger partial charge in [-0.2, -0.15) is 0 Å². The van der Waals surface area contributed by atoms with E-state index in [1.54, 1.807) is 38.1 Å². The molecule has 130 valence electrons. The van der Waals surface area contributed by atoms with Crippen molar-refractivity contribution < 1.29 is 13.2 Å². The van der Waals surface area contributed by atoms with E-state index in [9.17, 15) is 13.2 Å². The van der Waals surface area contributed by atoms with Gasteiger partial charge in [-0.1, -0.05) is 42.0 Å². The monoisotopic (exact) mass is 388 g/mol. The summed E-state index contributed by atoms with van der Waals surface area (Å²) in [5.41, 5.74) is -0.338. The molecule has 7 nitrogen and oxygen atoms in total. The van der Waals surface area contributed by atoms with Crippen molar-refractivity contribution in [1.82, 2.24) is 14.9 Å². The van der Waals surface area contributed by atoms with Crippen LogP contribution in [0.2, 0.25) is 5.02 Å². The van der Waals surface area contributed by atoms with Gasteiger partial charge in [0.15, 0.2) is 0 Å². The minimum atomic E-state index is -3.80. The highest BCUT2D eigenvalue weighted by atomic mass is 35.5. The molecule has 0 aliphatic heterocycles. The van der Waals surface area contributed by atoms with Crippen molar-refractivity contribution in [1.29, 1.82) is 0 Å². The lowest BCUT2D eigenvalue weighted by Crippen LogP contribution is -2.42. The number of carbonyl (C=O) groups excluding carboxylic acids is 1. The van der Waals surface area contributed by atoms with Crippen molar-refractivity contribution in [3.05, 3.63) is 34.9 Å². The largest absolute Gasteiger partial charge is 0.296 e. The van der Waals surface area contributed by atoms with Gasteiger partial charge in [-0.3, -0.25) is 10.1 Å². The Kier molecular flexibility index (Phi) is 5.59. The van der Waals surface area contributed by atoms with Crippen LogP contribution in [0.3, 0.4) is 0 Å². The van der Waals surface area contributed by atoms with Crippen LogP contribution in [0.5, 0.6) is 0 Å². The third-order valence-electron chi connectivity index (χ3n) is 3.27. The molecular formula is C14H17ClN4O3S2. The topological polar surface area (TPSA) is 101 Å². The summed E-state index contributed by atoms with van der Waals surface area (Å²) in [4.78, 5) is 12.1. The SMILES string of the molecule is CCC(C)(C)NS(=O)(=O)c1nnc(NC(=O)c2ccccc2Cl)s1. The lowest BCUT2D eigenvalue weighted by Gasteiger charge is -2.22. The molecule has 2 rings (SSSR count). The van der Waals surface area contributed by atoms with Gasteiger partial charge in [0.05, 0.1) is 10.6 Å². The van der Waals surface area contributed by atoms with Crippen molar-refractivity contribution in [3.8, 4) is 0 Å². The number of hydrogen-bond donors (Lipinski definition) is 2. The van der Waals surface area contributed by atoms with Gasteiger partial charge in [0.2, 0.25) is 9.47 Å². The van der Waals surface area contributed by atoms with E-state index in [2.05, 4.69) is 20.2 Å². The maximum absolute atomic E-state index is 12.3. The Morgan fingerprint density at radius 2 is 1.96 bits per heavy atom. The van der Waals surface area contributed by atoms with Gasteiger partial charge >= 0.3 is 0 Å². The third-order valence-corrected chi connectivity index (χ3v) is 6.50. The third kappa shape index (κ3) is 4.50. The van der Waals surface area contributed by atoms with Gasteiger partial charge in [0.1, 0.15) is 0 Å². The van der Waals surface area contributed by atoms with Crippen LogP contribution in [0.25, 0.3) is 0 Å². The van der Waals surface area contributed by atoms with E-state index in [1.807, 2.05) is 6.92 Å². The minimum Gasteiger partial charge on any atom is -0.296 e. The number of nitrogens with one attached hydrogen (secondary N) is 2. The first-order chi connectivity index (χ1) is 11.1. The summed E-state index contributed by atoms with van der Waals surface area (Å²) in [6.07, 6.45) is 0.612. The van der Waals surface area contributed by atoms with E-state index >= 15 is 0 Å². The standard InChI is InChI=1S/C14H17ClN4O3S2/c1-4-14(2,3)19-24(21,22)13-18-17-12(23-13)16-11(20)9-7-5-6-8-10(9)15/h5-8,19H,4H2,1-3H3,(H,16,17,20). The highest BCUT2D eigenvalue weighted by Gasteiger charge is 2.28. The zero-order chi connectivity index (χ0) is 18.0. The van der Waals surface area contributed by atoms with E-state index < -0.39 is 21.5 Å². The van der Waals surface area contributed by atoms with Crippen molar-refractivity contribution >= 4 is 44.0 Å². The van der Waals surface area contributed by atoms with Crippen LogP contribution >= 0.6 is 22.9 Å². The smallest absolute Gasteiger partial charge is 0.270 e. The average molecular weight is 389 g/mol. The van der Waals surface area contributed by atoms with Gasteiger partial charge in [0.25, 0.3) is 15.9 Å². The summed E-state index contributed by atoms with van der Waals surface area (Å²) in [6, 6.07) is 6.52. The Morgan fingerprint density at radius 1 is 1.29 bits per heavy atom. The molecule has 2 aromatic rings. The van der Waals surface area contributed by atoms with Crippen molar-refractivity contribution in [2.75, 3.05) is 5.32 Å². The molecule has 0 fully saturated rings. The molecule has 0 spiro atoms. The molecule has 0 aliphatic rings. The molecule has 0 aliphatic carbocycles. The zero-order valence-electron chi connectivity index (χ0n) is 13.3. The van der Waals surface area contributed by atoms with Gasteiger partial charge in [-0.15, -0.1) is 10.2 Å². The van der Waals surface area contributed by atoms with E-state index in [1.165, 1.54) is 0 Å². The first-order valence-electron chi connectivity index (χ1n) is 7.08. The first-order valence-corrected chi connectivity index (χ1v) is 9.76. The highest BCUT2D eigenvalue weighted by molar-refractivity contribution is 7.91. The number of sulfonamides is 1. The van der Waals surface area contributed by atoms with Gasteiger partial charge in [0, 0.05) is 5.54 Å². The number of anilines is 1. The lowest BCUT2D eigenvalue weighted by atomic mass is 10.0. The van der Waals surface area contributed by atoms with E-state index in [0.29, 0.717) is 11.4 Å². The Labute approximate surface area is 149 Å². The second-order valence-electron chi connectivity index (χ2n) is 5.65. The molecule has 10 heteroatoms. The number of benzene rings is 1. The number of aromatic nitrogens is 2. The fraction of sp³-hybridized carbons (Fsp3) is 0.357. The molecule has 1 heterocycles. The second kappa shape index (κ2) is 7.14. The second-order valence-corrected chi connectivity index (χ2v) is 8.89. The zero-order valence-corrected chi connectivity index (χ0v) is 15.7. The normalized spacial score (nSPS) is 12.2. The highest BCUT2D eigenvalue weighted by Crippen LogP contribution is 2.23. The van der Waals surface area contributed by atoms with Crippen molar-refractivity contribution in [2.24, 2.45) is 0 Å². The maximum Gasteiger partial charge on any atom is 0.270 e. The Balaban J connectivity index is 2.16. The molecule has 0 bridgehead atoms. The predicted octanol–water partition coefficient (Wildman–Crippen LogP) is 2.91. The van der Waals surface area contributed by atoms with Gasteiger partial charge in [-0.05, 0) is 32.4 Å². The van der Waals surface area contributed by atoms with Gasteiger partial charge < -0.3 is 0 Å². The van der Waals surface area contributed by atoms with Gasteiger partial charge in [-0.25, -0.2) is 13.1 Å². The molecule has 0 saturated carbocycles. The molecule has 1 amide bonds. The summed E-state index contributed by atoms with van der Waals surface area (Å²) >= 11 is 6.72. The number of rotatable bonds is 6. The number of nitrogens with zero attached hydrogens (tertiary/aromatic N) is 2. The van der Waals surface area contributed by atoms with E-state index in [-0.39, 0.29) is 15.0 Å². The fourth-order valence-electron chi connectivity index (χ4n) is 1.66. The van der Waals surface area contributed by atoms with Crippen LogP contribution in [0, 0.1) is 0 Å². The molecule has 0 unspecified atom stereocenters. The Hall–Kier alpha value is -1.55. The maximum atomic E-state index is 12.3. The molecule has 0 saturated heterocycles. The molecule has 0 radical (unpaired) electrons. The number of carbonyl (C=O) groups is 1. The summed E-state index contributed by atoms with van der Waals surface area (Å²) < 4.78 is 26.9. The summed E-state index contributed by atoms with van der Waals surface area (Å²) in [7, 11) is -3.80. The fourth-order valence-corrected chi connectivity index (χ4v) is 4.26. The molecule has 2 N–H and O–H groups in total. The molecule has 0 atom stereocenters. The number of halogens is 1. The number of amides is 1. The van der Waals surface area contributed by atoms with E-state index in [0.717, 1.165) is 11.3 Å². The summed E-state index contributed by atoms with van der Waals surface area (Å²) in [5.74, 6) is -0.484.